The van der Waals surface area contributed by atoms with Gasteiger partial charge in [0.05, 0.1) is 6.10 Å². The van der Waals surface area contributed by atoms with Crippen LogP contribution in [0.2, 0.25) is 0 Å². The third-order valence-electron chi connectivity index (χ3n) is 6.71. The number of aliphatic hydroxyl groups is 1. The van der Waals surface area contributed by atoms with Gasteiger partial charge in [-0.05, 0) is 36.1 Å². The molecule has 0 radical (unpaired) electrons. The molecule has 2 N–H and O–H groups in total. The van der Waals surface area contributed by atoms with Crippen molar-refractivity contribution >= 4 is 17.6 Å². The number of nitrogens with zero attached hydrogens (tertiary/aromatic N) is 2. The number of hydrogen-bond acceptors (Lipinski definition) is 5. The van der Waals surface area contributed by atoms with E-state index in [0.717, 1.165) is 13.0 Å². The molecule has 174 valence electrons. The summed E-state index contributed by atoms with van der Waals surface area (Å²) in [5.74, 6) is -0.102. The van der Waals surface area contributed by atoms with Crippen LogP contribution in [0, 0.1) is 0 Å². The zero-order valence-electron chi connectivity index (χ0n) is 19.0. The molecule has 0 aromatic heterocycles. The number of Topliss-reactive ketones (excluding diaryl/α,β-unsaturated/α-hetero) is 1. The van der Waals surface area contributed by atoms with Gasteiger partial charge in [0, 0.05) is 63.2 Å². The van der Waals surface area contributed by atoms with E-state index in [1.165, 1.54) is 18.1 Å². The maximum absolute atomic E-state index is 12.7. The minimum absolute atomic E-state index is 0.0270. The number of ketones is 1. The number of aliphatic hydroxyl groups excluding tert-OH is 1. The summed E-state index contributed by atoms with van der Waals surface area (Å²) in [5, 5.41) is 14.0. The summed E-state index contributed by atoms with van der Waals surface area (Å²) in [6.45, 7) is 4.37. The Morgan fingerprint density at radius 3 is 2.21 bits per heavy atom. The number of rotatable bonds is 6. The van der Waals surface area contributed by atoms with Gasteiger partial charge in [0.25, 0.3) is 5.91 Å². The molecule has 0 saturated carbocycles. The topological polar surface area (TPSA) is 90.0 Å². The van der Waals surface area contributed by atoms with E-state index in [4.69, 9.17) is 0 Å². The molecule has 0 spiro atoms. The summed E-state index contributed by atoms with van der Waals surface area (Å²) >= 11 is 0. The van der Waals surface area contributed by atoms with Gasteiger partial charge in [0.1, 0.15) is 0 Å². The Kier molecular flexibility index (Phi) is 7.20. The highest BCUT2D eigenvalue weighted by molar-refractivity contribution is 5.98. The van der Waals surface area contributed by atoms with Crippen molar-refractivity contribution in [3.8, 4) is 0 Å². The molecule has 0 aliphatic carbocycles. The predicted molar refractivity (Wildman–Crippen MR) is 125 cm³/mol. The normalized spacial score (nSPS) is 19.0. The van der Waals surface area contributed by atoms with E-state index in [2.05, 4.69) is 17.4 Å². The maximum Gasteiger partial charge on any atom is 0.253 e. The Hall–Kier alpha value is -3.03. The first-order chi connectivity index (χ1) is 15.9. The Morgan fingerprint density at radius 1 is 0.939 bits per heavy atom. The summed E-state index contributed by atoms with van der Waals surface area (Å²) in [6, 6.07) is 14.9. The van der Waals surface area contributed by atoms with Crippen LogP contribution in [0.25, 0.3) is 0 Å². The Bertz CT molecular complexity index is 1010. The van der Waals surface area contributed by atoms with Crippen LogP contribution < -0.4 is 5.32 Å². The highest BCUT2D eigenvalue weighted by Gasteiger charge is 2.25. The number of nitrogens with one attached hydrogen (secondary N) is 1. The van der Waals surface area contributed by atoms with E-state index >= 15 is 0 Å². The number of amides is 2. The van der Waals surface area contributed by atoms with E-state index in [0.29, 0.717) is 43.7 Å². The average molecular weight is 450 g/mol. The van der Waals surface area contributed by atoms with Crippen molar-refractivity contribution in [3.05, 3.63) is 70.8 Å². The van der Waals surface area contributed by atoms with E-state index in [1.54, 1.807) is 34.1 Å². The fraction of sp³-hybridized carbons (Fsp3) is 0.423. The molecular formula is C26H31N3O4. The lowest BCUT2D eigenvalue weighted by atomic mass is 9.90. The third-order valence-corrected chi connectivity index (χ3v) is 6.71. The summed E-state index contributed by atoms with van der Waals surface area (Å²) in [4.78, 5) is 40.3. The Morgan fingerprint density at radius 2 is 1.55 bits per heavy atom. The van der Waals surface area contributed by atoms with Crippen LogP contribution in [0.15, 0.2) is 48.5 Å². The van der Waals surface area contributed by atoms with E-state index in [-0.39, 0.29) is 30.1 Å². The molecule has 7 heteroatoms. The number of hydrogen-bond donors (Lipinski definition) is 2. The zero-order chi connectivity index (χ0) is 23.4. The van der Waals surface area contributed by atoms with Crippen molar-refractivity contribution in [2.75, 3.05) is 26.2 Å². The summed E-state index contributed by atoms with van der Waals surface area (Å²) in [6.07, 6.45) is 0.793. The van der Waals surface area contributed by atoms with E-state index in [1.807, 2.05) is 12.1 Å². The van der Waals surface area contributed by atoms with Crippen LogP contribution in [0.4, 0.5) is 0 Å². The highest BCUT2D eigenvalue weighted by Crippen LogP contribution is 2.20. The first-order valence-corrected chi connectivity index (χ1v) is 11.6. The van der Waals surface area contributed by atoms with Crippen molar-refractivity contribution in [3.63, 3.8) is 0 Å². The first-order valence-electron chi connectivity index (χ1n) is 11.6. The summed E-state index contributed by atoms with van der Waals surface area (Å²) in [7, 11) is 0. The fourth-order valence-electron chi connectivity index (χ4n) is 4.58. The van der Waals surface area contributed by atoms with Crippen molar-refractivity contribution in [2.24, 2.45) is 0 Å². The van der Waals surface area contributed by atoms with Gasteiger partial charge in [-0.3, -0.25) is 14.4 Å². The largest absolute Gasteiger partial charge is 0.391 e. The number of fused-ring (bicyclic) bond motifs is 1. The SMILES string of the molecule is CC(=O)N1CCN(C(=O)c2ccc(C(=O)CC[C@@H](O)[C@@H]3Cc4ccccc4CN3)cc2)CC1. The summed E-state index contributed by atoms with van der Waals surface area (Å²) < 4.78 is 0. The predicted octanol–water partition coefficient (Wildman–Crippen LogP) is 2.03. The van der Waals surface area contributed by atoms with Crippen LogP contribution in [0.3, 0.4) is 0 Å². The molecule has 2 heterocycles. The minimum atomic E-state index is -0.600. The van der Waals surface area contributed by atoms with Gasteiger partial charge >= 0.3 is 0 Å². The zero-order valence-corrected chi connectivity index (χ0v) is 19.0. The molecule has 4 rings (SSSR count). The van der Waals surface area contributed by atoms with Crippen molar-refractivity contribution in [2.45, 2.75) is 44.9 Å². The summed E-state index contributed by atoms with van der Waals surface area (Å²) in [5.41, 5.74) is 3.58. The molecule has 7 nitrogen and oxygen atoms in total. The van der Waals surface area contributed by atoms with Crippen molar-refractivity contribution < 1.29 is 19.5 Å². The molecule has 1 fully saturated rings. The van der Waals surface area contributed by atoms with Crippen molar-refractivity contribution in [1.29, 1.82) is 0 Å². The van der Waals surface area contributed by atoms with Crippen LogP contribution in [0.1, 0.15) is 51.6 Å². The average Bonchev–Trinajstić information content (AvgIpc) is 2.86. The molecule has 1 saturated heterocycles. The fourth-order valence-corrected chi connectivity index (χ4v) is 4.58. The van der Waals surface area contributed by atoms with Gasteiger partial charge in [-0.1, -0.05) is 36.4 Å². The van der Waals surface area contributed by atoms with Crippen LogP contribution in [0.5, 0.6) is 0 Å². The quantitative estimate of drug-likeness (QED) is 0.659. The molecule has 0 unspecified atom stereocenters. The van der Waals surface area contributed by atoms with Gasteiger partial charge in [-0.25, -0.2) is 0 Å². The number of benzene rings is 2. The Labute approximate surface area is 194 Å². The van der Waals surface area contributed by atoms with Gasteiger partial charge < -0.3 is 20.2 Å². The smallest absolute Gasteiger partial charge is 0.253 e. The highest BCUT2D eigenvalue weighted by atomic mass is 16.3. The molecule has 2 aromatic carbocycles. The first kappa shape index (κ1) is 23.1. The van der Waals surface area contributed by atoms with Gasteiger partial charge in [0.15, 0.2) is 5.78 Å². The van der Waals surface area contributed by atoms with Crippen molar-refractivity contribution in [1.82, 2.24) is 15.1 Å². The standard InChI is InChI=1S/C26H31N3O4/c1-18(30)28-12-14-29(15-13-28)26(33)20-8-6-19(7-9-20)24(31)10-11-25(32)23-16-21-4-2-3-5-22(21)17-27-23/h2-9,23,25,27,32H,10-17H2,1H3/t23-,25+/m0/s1. The lowest BCUT2D eigenvalue weighted by Crippen LogP contribution is -2.50. The molecule has 0 bridgehead atoms. The minimum Gasteiger partial charge on any atom is -0.391 e. The molecule has 2 aliphatic rings. The molecule has 2 atom stereocenters. The number of carbonyl (C=O) groups excluding carboxylic acids is 3. The lowest BCUT2D eigenvalue weighted by molar-refractivity contribution is -0.130. The second-order valence-corrected chi connectivity index (χ2v) is 8.87. The van der Waals surface area contributed by atoms with Gasteiger partial charge in [-0.15, -0.1) is 0 Å². The third kappa shape index (κ3) is 5.49. The maximum atomic E-state index is 12.7. The van der Waals surface area contributed by atoms with Crippen LogP contribution >= 0.6 is 0 Å². The second kappa shape index (κ2) is 10.3. The van der Waals surface area contributed by atoms with Gasteiger partial charge in [-0.2, -0.15) is 0 Å². The Balaban J connectivity index is 1.27. The number of carbonyl (C=O) groups is 3. The van der Waals surface area contributed by atoms with E-state index in [9.17, 15) is 19.5 Å². The molecule has 2 amide bonds. The van der Waals surface area contributed by atoms with Crippen LogP contribution in [-0.4, -0.2) is 70.8 Å². The number of piperazine rings is 1. The molecule has 2 aliphatic heterocycles. The van der Waals surface area contributed by atoms with Gasteiger partial charge in [0.2, 0.25) is 5.91 Å². The molecular weight excluding hydrogens is 418 g/mol. The van der Waals surface area contributed by atoms with E-state index < -0.39 is 6.10 Å². The molecule has 33 heavy (non-hydrogen) atoms. The second-order valence-electron chi connectivity index (χ2n) is 8.87. The molecule has 2 aromatic rings. The lowest BCUT2D eigenvalue weighted by Gasteiger charge is -2.34. The monoisotopic (exact) mass is 449 g/mol. The van der Waals surface area contributed by atoms with Crippen LogP contribution in [-0.2, 0) is 17.8 Å².